The molecule has 2 heterocycles. The third kappa shape index (κ3) is 3.76. The van der Waals surface area contributed by atoms with Crippen LogP contribution >= 0.6 is 0 Å². The summed E-state index contributed by atoms with van der Waals surface area (Å²) < 4.78 is 7.66. The van der Waals surface area contributed by atoms with Crippen molar-refractivity contribution in [3.05, 3.63) is 35.2 Å². The zero-order valence-electron chi connectivity index (χ0n) is 15.4. The van der Waals surface area contributed by atoms with Gasteiger partial charge in [0.05, 0.1) is 5.52 Å². The van der Waals surface area contributed by atoms with Crippen LogP contribution in [0.2, 0.25) is 0 Å². The Morgan fingerprint density at radius 1 is 1.31 bits per heavy atom. The van der Waals surface area contributed by atoms with Crippen LogP contribution in [-0.2, 0) is 28.9 Å². The molecule has 0 amide bonds. The molecular formula is C21H27NO4. The predicted molar refractivity (Wildman–Crippen MR) is 100.0 cm³/mol. The highest BCUT2D eigenvalue weighted by atomic mass is 16.5. The third-order valence-electron chi connectivity index (χ3n) is 5.45. The van der Waals surface area contributed by atoms with Crippen molar-refractivity contribution in [1.29, 1.82) is 0 Å². The number of fused-ring (bicyclic) bond motifs is 1. The first-order valence-corrected chi connectivity index (χ1v) is 9.57. The Balaban J connectivity index is 2.08. The topological polar surface area (TPSA) is 68.0 Å². The van der Waals surface area contributed by atoms with Gasteiger partial charge in [-0.1, -0.05) is 39.0 Å². The summed E-state index contributed by atoms with van der Waals surface area (Å²) in [4.78, 5) is 22.2. The van der Waals surface area contributed by atoms with E-state index in [0.29, 0.717) is 18.1 Å². The quantitative estimate of drug-likeness (QED) is 0.729. The van der Waals surface area contributed by atoms with Crippen molar-refractivity contribution in [3.8, 4) is 5.75 Å². The number of hydrogen-bond donors (Lipinski definition) is 1. The zero-order chi connectivity index (χ0) is 18.5. The summed E-state index contributed by atoms with van der Waals surface area (Å²) in [7, 11) is 0. The normalized spacial score (nSPS) is 15.3. The molecular weight excluding hydrogens is 330 g/mol. The second-order valence-corrected chi connectivity index (χ2v) is 7.11. The minimum absolute atomic E-state index is 0.324. The summed E-state index contributed by atoms with van der Waals surface area (Å²) in [6, 6.07) is 3.68. The number of hydrogen-bond acceptors (Lipinski definition) is 3. The van der Waals surface area contributed by atoms with E-state index in [1.54, 1.807) is 6.07 Å². The highest BCUT2D eigenvalue weighted by Crippen LogP contribution is 2.35. The van der Waals surface area contributed by atoms with E-state index in [1.807, 2.05) is 12.3 Å². The smallest absolute Gasteiger partial charge is 0.341 e. The van der Waals surface area contributed by atoms with Crippen molar-refractivity contribution in [2.24, 2.45) is 5.92 Å². The number of aliphatic carboxylic acids is 1. The second kappa shape index (κ2) is 8.39. The number of pyridine rings is 1. The van der Waals surface area contributed by atoms with Crippen molar-refractivity contribution >= 4 is 17.8 Å². The van der Waals surface area contributed by atoms with Gasteiger partial charge >= 0.3 is 5.97 Å². The molecule has 26 heavy (non-hydrogen) atoms. The molecule has 1 aliphatic carbocycles. The minimum atomic E-state index is -1.01. The van der Waals surface area contributed by atoms with Crippen LogP contribution in [0.4, 0.5) is 0 Å². The van der Waals surface area contributed by atoms with E-state index in [1.165, 1.54) is 43.4 Å². The lowest BCUT2D eigenvalue weighted by Gasteiger charge is -2.22. The molecule has 5 heteroatoms. The summed E-state index contributed by atoms with van der Waals surface area (Å²) >= 11 is 0. The van der Waals surface area contributed by atoms with E-state index in [2.05, 4.69) is 11.3 Å². The average Bonchev–Trinajstić information content (AvgIpc) is 2.94. The molecule has 0 atom stereocenters. The van der Waals surface area contributed by atoms with Gasteiger partial charge in [0.15, 0.2) is 6.61 Å². The molecule has 5 nitrogen and oxygen atoms in total. The number of ether oxygens (including phenoxy) is 1. The molecule has 0 saturated heterocycles. The number of aromatic nitrogens is 1. The van der Waals surface area contributed by atoms with E-state index in [0.717, 1.165) is 30.2 Å². The highest BCUT2D eigenvalue weighted by Gasteiger charge is 2.23. The van der Waals surface area contributed by atoms with Crippen molar-refractivity contribution < 1.29 is 19.4 Å². The van der Waals surface area contributed by atoms with Gasteiger partial charge in [0.2, 0.25) is 0 Å². The summed E-state index contributed by atoms with van der Waals surface area (Å²) in [5.74, 6) is 0.213. The molecule has 0 unspecified atom stereocenters. The maximum atomic E-state index is 11.3. The van der Waals surface area contributed by atoms with Gasteiger partial charge in [0.25, 0.3) is 0 Å². The van der Waals surface area contributed by atoms with E-state index in [9.17, 15) is 9.59 Å². The molecule has 0 spiro atoms. The standard InChI is InChI=1S/C21H27NO4/c1-2-16-17(10-12-23)21-19(26-14-20(24)25)9-6-11-22(21)18(16)13-15-7-4-3-5-8-15/h6,9,11-12,15H,2-5,7-8,10,13-14H2,1H3,(H,24,25). The maximum Gasteiger partial charge on any atom is 0.341 e. The molecule has 2 aromatic heterocycles. The van der Waals surface area contributed by atoms with Crippen molar-refractivity contribution in [2.45, 2.75) is 58.3 Å². The molecule has 1 aliphatic rings. The lowest BCUT2D eigenvalue weighted by atomic mass is 9.85. The Kier molecular flexibility index (Phi) is 5.96. The van der Waals surface area contributed by atoms with Gasteiger partial charge in [-0.05, 0) is 42.0 Å². The number of carbonyl (C=O) groups excluding carboxylic acids is 1. The van der Waals surface area contributed by atoms with Crippen molar-refractivity contribution in [1.82, 2.24) is 4.40 Å². The lowest BCUT2D eigenvalue weighted by Crippen LogP contribution is -2.12. The van der Waals surface area contributed by atoms with Gasteiger partial charge in [0, 0.05) is 18.3 Å². The monoisotopic (exact) mass is 357 g/mol. The fraction of sp³-hybridized carbons (Fsp3) is 0.524. The summed E-state index contributed by atoms with van der Waals surface area (Å²) in [6.45, 7) is 1.73. The van der Waals surface area contributed by atoms with Crippen molar-refractivity contribution in [3.63, 3.8) is 0 Å². The van der Waals surface area contributed by atoms with Gasteiger partial charge in [-0.15, -0.1) is 0 Å². The first kappa shape index (κ1) is 18.5. The Hall–Kier alpha value is -2.30. The largest absolute Gasteiger partial charge is 0.480 e. The molecule has 0 aromatic carbocycles. The van der Waals surface area contributed by atoms with Gasteiger partial charge in [-0.25, -0.2) is 4.79 Å². The number of nitrogens with zero attached hydrogens (tertiary/aromatic N) is 1. The van der Waals surface area contributed by atoms with E-state index < -0.39 is 5.97 Å². The van der Waals surface area contributed by atoms with Crippen LogP contribution in [0, 0.1) is 5.92 Å². The van der Waals surface area contributed by atoms with Crippen LogP contribution in [-0.4, -0.2) is 28.4 Å². The Morgan fingerprint density at radius 3 is 2.73 bits per heavy atom. The van der Waals surface area contributed by atoms with Crippen LogP contribution < -0.4 is 4.74 Å². The molecule has 1 N–H and O–H groups in total. The van der Waals surface area contributed by atoms with E-state index in [4.69, 9.17) is 9.84 Å². The zero-order valence-corrected chi connectivity index (χ0v) is 15.4. The van der Waals surface area contributed by atoms with Gasteiger partial charge < -0.3 is 19.0 Å². The lowest BCUT2D eigenvalue weighted by molar-refractivity contribution is -0.139. The average molecular weight is 357 g/mol. The Morgan fingerprint density at radius 2 is 2.08 bits per heavy atom. The SMILES string of the molecule is CCc1c(CC=O)c2c(OCC(=O)O)cccn2c1CC1CCCCC1. The molecule has 0 bridgehead atoms. The van der Waals surface area contributed by atoms with E-state index >= 15 is 0 Å². The number of aldehydes is 1. The van der Waals surface area contributed by atoms with Crippen LogP contribution in [0.15, 0.2) is 18.3 Å². The molecule has 0 aliphatic heterocycles. The van der Waals surface area contributed by atoms with Crippen molar-refractivity contribution in [2.75, 3.05) is 6.61 Å². The molecule has 2 aromatic rings. The minimum Gasteiger partial charge on any atom is -0.480 e. The summed E-state index contributed by atoms with van der Waals surface area (Å²) in [6.07, 6.45) is 11.6. The van der Waals surface area contributed by atoms with Crippen LogP contribution in [0.25, 0.3) is 5.52 Å². The summed E-state index contributed by atoms with van der Waals surface area (Å²) in [5, 5.41) is 8.95. The molecule has 1 fully saturated rings. The number of carboxylic acids is 1. The van der Waals surface area contributed by atoms with E-state index in [-0.39, 0.29) is 6.61 Å². The Labute approximate surface area is 154 Å². The van der Waals surface area contributed by atoms with Crippen LogP contribution in [0.5, 0.6) is 5.75 Å². The first-order chi connectivity index (χ1) is 12.7. The third-order valence-corrected chi connectivity index (χ3v) is 5.45. The molecule has 0 radical (unpaired) electrons. The number of carbonyl (C=O) groups is 2. The van der Waals surface area contributed by atoms with Crippen LogP contribution in [0.3, 0.4) is 0 Å². The fourth-order valence-electron chi connectivity index (χ4n) is 4.33. The highest BCUT2D eigenvalue weighted by molar-refractivity contribution is 5.76. The van der Waals surface area contributed by atoms with Gasteiger partial charge in [0.1, 0.15) is 12.0 Å². The molecule has 1 saturated carbocycles. The number of carboxylic acid groups (broad SMARTS) is 1. The van der Waals surface area contributed by atoms with Crippen LogP contribution in [0.1, 0.15) is 55.8 Å². The predicted octanol–water partition coefficient (Wildman–Crippen LogP) is 3.83. The van der Waals surface area contributed by atoms with Gasteiger partial charge in [-0.2, -0.15) is 0 Å². The summed E-state index contributed by atoms with van der Waals surface area (Å²) in [5.41, 5.74) is 4.30. The fourth-order valence-corrected chi connectivity index (χ4v) is 4.33. The second-order valence-electron chi connectivity index (χ2n) is 7.11. The van der Waals surface area contributed by atoms with Gasteiger partial charge in [-0.3, -0.25) is 0 Å². The number of rotatable bonds is 8. The molecule has 140 valence electrons. The molecule has 3 rings (SSSR count). The first-order valence-electron chi connectivity index (χ1n) is 9.57. The maximum absolute atomic E-state index is 11.3. The Bertz CT molecular complexity index is 787.